The van der Waals surface area contributed by atoms with E-state index in [-0.39, 0.29) is 67.8 Å². The van der Waals surface area contributed by atoms with Crippen molar-refractivity contribution in [3.8, 4) is 6.07 Å². The molecule has 2 unspecified atom stereocenters. The van der Waals surface area contributed by atoms with E-state index in [9.17, 15) is 32.3 Å². The van der Waals surface area contributed by atoms with Crippen LogP contribution in [0.2, 0.25) is 0 Å². The number of thiocarbonyl (C=S) groups is 1. The van der Waals surface area contributed by atoms with Crippen molar-refractivity contribution in [1.82, 2.24) is 20.1 Å². The van der Waals surface area contributed by atoms with Crippen LogP contribution in [0.5, 0.6) is 0 Å². The van der Waals surface area contributed by atoms with Crippen LogP contribution < -0.4 is 20.9 Å². The van der Waals surface area contributed by atoms with Crippen molar-refractivity contribution in [2.45, 2.75) is 114 Å². The number of carbonyl (C=O) groups is 4. The smallest absolute Gasteiger partial charge is 0.378 e. The minimum atomic E-state index is -4.87. The van der Waals surface area contributed by atoms with E-state index in [1.165, 1.54) is 17.9 Å². The molecule has 4 aliphatic rings. The van der Waals surface area contributed by atoms with Crippen molar-refractivity contribution < 1.29 is 45.9 Å². The first-order valence-electron chi connectivity index (χ1n) is 19.2. The number of benzene rings is 1. The van der Waals surface area contributed by atoms with Crippen molar-refractivity contribution in [1.29, 1.82) is 5.26 Å². The molecular weight excluding hydrogens is 788 g/mol. The van der Waals surface area contributed by atoms with Crippen LogP contribution in [0.15, 0.2) is 36.5 Å². The number of likely N-dealkylation sites (tertiary alicyclic amines) is 1. The molecule has 1 saturated carbocycles. The molecule has 0 radical (unpaired) electrons. The molecule has 1 aromatic carbocycles. The number of ether oxygens (including phenoxy) is 1. The second-order valence-corrected chi connectivity index (χ2v) is 16.1. The topological polar surface area (TPSA) is 160 Å². The summed E-state index contributed by atoms with van der Waals surface area (Å²) < 4.78 is 78.5. The van der Waals surface area contributed by atoms with Gasteiger partial charge in [-0.3, -0.25) is 34.3 Å². The summed E-state index contributed by atoms with van der Waals surface area (Å²) in [5.74, 6) is -5.80. The van der Waals surface area contributed by atoms with Gasteiger partial charge in [0.05, 0.1) is 36.1 Å². The molecule has 4 fully saturated rings. The summed E-state index contributed by atoms with van der Waals surface area (Å²) >= 11 is 5.66. The minimum absolute atomic E-state index is 0.0349. The van der Waals surface area contributed by atoms with E-state index in [0.717, 1.165) is 11.1 Å². The normalized spacial score (nSPS) is 26.3. The number of hydrogen-bond acceptors (Lipinski definition) is 10. The van der Waals surface area contributed by atoms with Gasteiger partial charge in [0, 0.05) is 36.4 Å². The van der Waals surface area contributed by atoms with Crippen LogP contribution in [-0.4, -0.2) is 98.9 Å². The number of nitrogens with one attached hydrogen (secondary N) is 3. The van der Waals surface area contributed by atoms with Crippen LogP contribution in [0.1, 0.15) is 83.4 Å². The van der Waals surface area contributed by atoms with Crippen LogP contribution in [0.4, 0.5) is 39.0 Å². The van der Waals surface area contributed by atoms with Crippen molar-refractivity contribution >= 4 is 58.0 Å². The number of alkyl halides is 5. The van der Waals surface area contributed by atoms with Crippen LogP contribution in [0.3, 0.4) is 0 Å². The lowest BCUT2D eigenvalue weighted by Crippen LogP contribution is -2.57. The quantitative estimate of drug-likeness (QED) is 0.147. The van der Waals surface area contributed by atoms with Gasteiger partial charge in [-0.15, -0.1) is 0 Å². The first-order chi connectivity index (χ1) is 27.3. The molecule has 58 heavy (non-hydrogen) atoms. The largest absolute Gasteiger partial charge is 0.419 e. The number of aromatic nitrogens is 1. The Bertz CT molecular complexity index is 1990. The number of carbonyl (C=O) groups excluding carboxylic acids is 4. The van der Waals surface area contributed by atoms with Gasteiger partial charge in [-0.2, -0.15) is 18.4 Å². The Hall–Kier alpha value is -4.80. The van der Waals surface area contributed by atoms with Gasteiger partial charge in [0.25, 0.3) is 11.8 Å². The zero-order valence-corrected chi connectivity index (χ0v) is 33.0. The Morgan fingerprint density at radius 2 is 1.79 bits per heavy atom. The summed E-state index contributed by atoms with van der Waals surface area (Å²) in [6.45, 7) is 4.86. The molecule has 0 bridgehead atoms. The van der Waals surface area contributed by atoms with Crippen molar-refractivity contribution in [3.05, 3.63) is 47.8 Å². The number of amides is 4. The van der Waals surface area contributed by atoms with E-state index in [0.29, 0.717) is 49.5 Å². The van der Waals surface area contributed by atoms with Gasteiger partial charge in [0.2, 0.25) is 17.7 Å². The maximum atomic E-state index is 15.7. The molecule has 3 saturated heterocycles. The fraction of sp³-hybridized carbons (Fsp3) is 0.564. The number of anilines is 3. The highest BCUT2D eigenvalue weighted by Crippen LogP contribution is 2.42. The first-order valence-corrected chi connectivity index (χ1v) is 19.6. The van der Waals surface area contributed by atoms with Crippen LogP contribution in [0, 0.1) is 17.2 Å². The number of nitrogens with zero attached hydrogens (tertiary/aromatic N) is 5. The number of pyridine rings is 1. The summed E-state index contributed by atoms with van der Waals surface area (Å²) in [6, 6.07) is 6.77. The first kappa shape index (κ1) is 42.8. The molecule has 3 N–H and O–H groups in total. The summed E-state index contributed by atoms with van der Waals surface area (Å²) in [5.41, 5.74) is -2.46. The molecular formula is C39H45F5N8O5S. The number of halogens is 5. The van der Waals surface area contributed by atoms with Gasteiger partial charge in [-0.25, -0.2) is 13.8 Å². The third kappa shape index (κ3) is 8.93. The van der Waals surface area contributed by atoms with E-state index < -0.39 is 64.6 Å². The molecule has 3 aliphatic heterocycles. The Morgan fingerprint density at radius 3 is 2.47 bits per heavy atom. The van der Waals surface area contributed by atoms with Crippen LogP contribution in [0.25, 0.3) is 0 Å². The monoisotopic (exact) mass is 832 g/mol. The van der Waals surface area contributed by atoms with E-state index in [4.69, 9.17) is 22.2 Å². The highest BCUT2D eigenvalue weighted by molar-refractivity contribution is 7.80. The number of imide groups is 1. The molecule has 1 aromatic heterocycles. The predicted molar refractivity (Wildman–Crippen MR) is 206 cm³/mol. The second kappa shape index (κ2) is 16.8. The molecule has 1 aliphatic carbocycles. The maximum absolute atomic E-state index is 15.7. The van der Waals surface area contributed by atoms with E-state index in [2.05, 4.69) is 20.9 Å². The fourth-order valence-corrected chi connectivity index (χ4v) is 8.89. The van der Waals surface area contributed by atoms with E-state index in [1.807, 2.05) is 0 Å². The van der Waals surface area contributed by atoms with Gasteiger partial charge in [-0.05, 0) is 109 Å². The summed E-state index contributed by atoms with van der Waals surface area (Å²) in [4.78, 5) is 58.0. The number of rotatable bonds is 11. The lowest BCUT2D eigenvalue weighted by Gasteiger charge is -2.44. The van der Waals surface area contributed by atoms with Gasteiger partial charge in [0.15, 0.2) is 10.8 Å². The Kier molecular flexibility index (Phi) is 12.4. The fourth-order valence-electron chi connectivity index (χ4n) is 8.33. The Balaban J connectivity index is 0.963. The molecule has 4 heterocycles. The molecule has 19 heteroatoms. The highest BCUT2D eigenvalue weighted by Gasteiger charge is 2.53. The lowest BCUT2D eigenvalue weighted by atomic mass is 9.85. The molecule has 4 amide bonds. The van der Waals surface area contributed by atoms with Crippen molar-refractivity contribution in [2.24, 2.45) is 5.92 Å². The third-order valence-corrected chi connectivity index (χ3v) is 12.0. The molecule has 6 rings (SSSR count). The van der Waals surface area contributed by atoms with Crippen LogP contribution >= 0.6 is 12.2 Å². The number of nitriles is 1. The molecule has 2 aromatic rings. The Labute approximate surface area is 337 Å². The SMILES string of the molecule is C[C@H]1N(CC(=O)Nc2cccc(NC3CCC(=O)NC3=O)c2)CCC(CCOC2CCC(N3C(=S)N(c4cnc(C#N)c(C(F)(F)F)c4)C(=O)C3(C)C)CC2)C1(F)F. The molecule has 3 atom stereocenters. The highest BCUT2D eigenvalue weighted by atomic mass is 32.1. The van der Waals surface area contributed by atoms with Crippen molar-refractivity contribution in [3.63, 3.8) is 0 Å². The average Bonchev–Trinajstić information content (AvgIpc) is 3.34. The van der Waals surface area contributed by atoms with Crippen LogP contribution in [-0.2, 0) is 30.1 Å². The zero-order valence-electron chi connectivity index (χ0n) is 32.2. The summed E-state index contributed by atoms with van der Waals surface area (Å²) in [5, 5.41) is 17.2. The Morgan fingerprint density at radius 1 is 1.09 bits per heavy atom. The van der Waals surface area contributed by atoms with Gasteiger partial charge < -0.3 is 20.3 Å². The minimum Gasteiger partial charge on any atom is -0.378 e. The van der Waals surface area contributed by atoms with Gasteiger partial charge >= 0.3 is 6.18 Å². The maximum Gasteiger partial charge on any atom is 0.419 e. The van der Waals surface area contributed by atoms with Gasteiger partial charge in [0.1, 0.15) is 17.6 Å². The van der Waals surface area contributed by atoms with E-state index in [1.54, 1.807) is 43.0 Å². The standard InChI is InChI=1S/C39H45F5N8O5S/c1-22-38(40,41)23(13-15-50(22)21-33(54)48-25-6-4-5-24(17-25)47-30-11-12-32(53)49-34(30)55)14-16-57-28-9-7-26(8-10-28)52-36(58)51(35(56)37(52,2)3)27-18-29(39(42,43)44)31(19-45)46-20-27/h4-6,17-18,20,22-23,26,28,30,47H,7-16,21H2,1-3H3,(H,48,54)(H,49,53,55)/t22-,23?,26?,28?,30?/m1/s1. The molecule has 0 spiro atoms. The van der Waals surface area contributed by atoms with Gasteiger partial charge in [-0.1, -0.05) is 6.07 Å². The van der Waals surface area contributed by atoms with E-state index >= 15 is 8.78 Å². The van der Waals surface area contributed by atoms with Crippen molar-refractivity contribution in [2.75, 3.05) is 35.2 Å². The summed E-state index contributed by atoms with van der Waals surface area (Å²) in [6.07, 6.45) is -1.03. The predicted octanol–water partition coefficient (Wildman–Crippen LogP) is 5.60. The molecule has 13 nitrogen and oxygen atoms in total. The number of hydrogen-bond donors (Lipinski definition) is 3. The zero-order chi connectivity index (χ0) is 42.2. The number of piperidine rings is 2. The molecule has 312 valence electrons. The third-order valence-electron chi connectivity index (χ3n) is 11.6. The second-order valence-electron chi connectivity index (χ2n) is 15.7. The summed E-state index contributed by atoms with van der Waals surface area (Å²) in [7, 11) is 0. The lowest BCUT2D eigenvalue weighted by molar-refractivity contribution is -0.157. The average molecular weight is 833 g/mol.